The molecule has 6 rings (SSSR count). The number of aliphatic hydroxyl groups is 1. The van der Waals surface area contributed by atoms with Crippen molar-refractivity contribution in [1.82, 2.24) is 4.90 Å². The van der Waals surface area contributed by atoms with Crippen LogP contribution in [0.15, 0.2) is 38.8 Å². The van der Waals surface area contributed by atoms with Gasteiger partial charge in [-0.2, -0.15) is 4.40 Å². The lowest BCUT2D eigenvalue weighted by Gasteiger charge is -2.44. The number of rotatable bonds is 6. The van der Waals surface area contributed by atoms with E-state index in [4.69, 9.17) is 0 Å². The molecule has 34 heavy (non-hydrogen) atoms. The van der Waals surface area contributed by atoms with E-state index in [0.717, 1.165) is 31.9 Å². The first-order valence-electron chi connectivity index (χ1n) is 11.8. The summed E-state index contributed by atoms with van der Waals surface area (Å²) in [5.74, 6) is 1.33. The highest BCUT2D eigenvalue weighted by Gasteiger charge is 2.57. The Hall–Kier alpha value is -2.40. The van der Waals surface area contributed by atoms with Crippen LogP contribution in [-0.2, 0) is 25.8 Å². The standard InChI is InChI=1S/C23H28N4O5S2/c1-34(31,32)26-15-6-7-16-17(11-15)33(30)25-22(24-16)19-21(28)18-13-4-5-14(10-13)20(18)27(23(19)29)9-8-12-2-3-12/h6-7,11-14,18,20,26,28H,2-5,8-10H2,1H3,(H,24,25)/t13-,14+,18?,20?,33?/m0/s1. The molecule has 2 bridgehead atoms. The van der Waals surface area contributed by atoms with Crippen LogP contribution < -0.4 is 10.0 Å². The van der Waals surface area contributed by atoms with Gasteiger partial charge in [0.05, 0.1) is 16.8 Å². The molecule has 3 fully saturated rings. The normalized spacial score (nSPS) is 32.3. The van der Waals surface area contributed by atoms with E-state index in [0.29, 0.717) is 34.9 Å². The van der Waals surface area contributed by atoms with Crippen LogP contribution in [0.4, 0.5) is 11.4 Å². The summed E-state index contributed by atoms with van der Waals surface area (Å²) in [5.41, 5.74) is 0.874. The van der Waals surface area contributed by atoms with Crippen LogP contribution in [0.3, 0.4) is 0 Å². The first kappa shape index (κ1) is 22.1. The predicted molar refractivity (Wildman–Crippen MR) is 129 cm³/mol. The summed E-state index contributed by atoms with van der Waals surface area (Å²) in [6.45, 7) is 0.679. The minimum atomic E-state index is -3.49. The van der Waals surface area contributed by atoms with Gasteiger partial charge in [-0.15, -0.1) is 0 Å². The molecule has 0 spiro atoms. The largest absolute Gasteiger partial charge is 0.511 e. The van der Waals surface area contributed by atoms with Crippen LogP contribution in [0.2, 0.25) is 0 Å². The minimum Gasteiger partial charge on any atom is -0.511 e. The van der Waals surface area contributed by atoms with Crippen molar-refractivity contribution in [1.29, 1.82) is 0 Å². The maximum atomic E-state index is 13.7. The van der Waals surface area contributed by atoms with Crippen LogP contribution in [0.5, 0.6) is 0 Å². The number of fused-ring (bicyclic) bond motifs is 6. The summed E-state index contributed by atoms with van der Waals surface area (Å²) < 4.78 is 42.7. The van der Waals surface area contributed by atoms with Gasteiger partial charge in [0.2, 0.25) is 10.0 Å². The fourth-order valence-electron chi connectivity index (χ4n) is 6.29. The number of benzene rings is 1. The lowest BCUT2D eigenvalue weighted by molar-refractivity contribution is -0.133. The topological polar surface area (TPSA) is 128 Å². The third kappa shape index (κ3) is 3.73. The van der Waals surface area contributed by atoms with Crippen LogP contribution >= 0.6 is 0 Å². The van der Waals surface area contributed by atoms with E-state index in [9.17, 15) is 22.5 Å². The Morgan fingerprint density at radius 3 is 2.74 bits per heavy atom. The molecule has 9 nitrogen and oxygen atoms in total. The first-order chi connectivity index (χ1) is 16.2. The molecule has 1 aromatic carbocycles. The predicted octanol–water partition coefficient (Wildman–Crippen LogP) is 2.77. The number of nitrogens with zero attached hydrogens (tertiary/aromatic N) is 2. The number of hydrogen-bond acceptors (Lipinski definition) is 6. The number of amidine groups is 1. The maximum Gasteiger partial charge on any atom is 0.261 e. The molecule has 3 N–H and O–H groups in total. The molecular formula is C23H28N4O5S2. The summed E-state index contributed by atoms with van der Waals surface area (Å²) in [7, 11) is -5.35. The molecule has 3 aliphatic carbocycles. The zero-order valence-corrected chi connectivity index (χ0v) is 20.5. The van der Waals surface area contributed by atoms with Gasteiger partial charge < -0.3 is 15.3 Å². The molecule has 5 aliphatic rings. The van der Waals surface area contributed by atoms with Gasteiger partial charge in [-0.25, -0.2) is 12.6 Å². The van der Waals surface area contributed by atoms with Crippen LogP contribution in [0.25, 0.3) is 0 Å². The molecule has 0 radical (unpaired) electrons. The van der Waals surface area contributed by atoms with Gasteiger partial charge in [-0.3, -0.25) is 9.52 Å². The summed E-state index contributed by atoms with van der Waals surface area (Å²) in [6, 6.07) is 4.66. The fraction of sp³-hybridized carbons (Fsp3) is 0.565. The summed E-state index contributed by atoms with van der Waals surface area (Å²) in [6.07, 6.45) is 7.64. The van der Waals surface area contributed by atoms with Gasteiger partial charge >= 0.3 is 0 Å². The Balaban J connectivity index is 1.35. The van der Waals surface area contributed by atoms with Crippen molar-refractivity contribution in [3.05, 3.63) is 29.5 Å². The highest BCUT2D eigenvalue weighted by molar-refractivity contribution is 7.92. The number of sulfonamides is 1. The first-order valence-corrected chi connectivity index (χ1v) is 14.8. The molecule has 1 amide bonds. The Kier molecular flexibility index (Phi) is 5.07. The van der Waals surface area contributed by atoms with Gasteiger partial charge in [-0.05, 0) is 61.6 Å². The average molecular weight is 505 g/mol. The monoisotopic (exact) mass is 504 g/mol. The Bertz CT molecular complexity index is 1270. The van der Waals surface area contributed by atoms with E-state index < -0.39 is 21.0 Å². The number of amides is 1. The Labute approximate surface area is 201 Å². The fourth-order valence-corrected chi connectivity index (χ4v) is 7.78. The molecule has 0 aromatic heterocycles. The summed E-state index contributed by atoms with van der Waals surface area (Å²) in [5, 5.41) is 14.4. The quantitative estimate of drug-likeness (QED) is 0.547. The van der Waals surface area contributed by atoms with E-state index in [1.54, 1.807) is 12.1 Å². The molecule has 11 heteroatoms. The van der Waals surface area contributed by atoms with Gasteiger partial charge in [0.15, 0.2) is 16.8 Å². The third-order valence-corrected chi connectivity index (χ3v) is 9.56. The summed E-state index contributed by atoms with van der Waals surface area (Å²) >= 11 is 0. The van der Waals surface area contributed by atoms with Gasteiger partial charge in [-0.1, -0.05) is 12.8 Å². The molecular weight excluding hydrogens is 476 g/mol. The lowest BCUT2D eigenvalue weighted by Crippen LogP contribution is -2.54. The minimum absolute atomic E-state index is 0.0420. The molecule has 3 saturated carbocycles. The van der Waals surface area contributed by atoms with Crippen molar-refractivity contribution < 1.29 is 22.5 Å². The van der Waals surface area contributed by atoms with Crippen LogP contribution in [-0.4, -0.2) is 53.2 Å². The van der Waals surface area contributed by atoms with Gasteiger partial charge in [0.1, 0.15) is 11.3 Å². The highest BCUT2D eigenvalue weighted by atomic mass is 32.2. The number of hydrogen-bond donors (Lipinski definition) is 3. The molecule has 5 atom stereocenters. The Morgan fingerprint density at radius 1 is 1.24 bits per heavy atom. The van der Waals surface area contributed by atoms with E-state index in [1.165, 1.54) is 18.9 Å². The van der Waals surface area contributed by atoms with E-state index in [-0.39, 0.29) is 40.7 Å². The smallest absolute Gasteiger partial charge is 0.261 e. The van der Waals surface area contributed by atoms with E-state index >= 15 is 0 Å². The maximum absolute atomic E-state index is 13.7. The van der Waals surface area contributed by atoms with Crippen LogP contribution in [0.1, 0.15) is 38.5 Å². The Morgan fingerprint density at radius 2 is 2.00 bits per heavy atom. The second kappa shape index (κ2) is 7.81. The third-order valence-electron chi connectivity index (χ3n) is 7.89. The SMILES string of the molecule is CS(=O)(=O)Nc1ccc2c(c1)S(=O)N=C(C1=C(O)C3C([C@@H]4CC[C@H]3C4)N(CCC3CC3)C1=O)N2. The summed E-state index contributed by atoms with van der Waals surface area (Å²) in [4.78, 5) is 16.0. The second-order valence-corrected chi connectivity index (χ2v) is 13.1. The second-order valence-electron chi connectivity index (χ2n) is 10.2. The van der Waals surface area contributed by atoms with E-state index in [1.807, 2.05) is 4.90 Å². The number of aliphatic hydroxyl groups excluding tert-OH is 1. The van der Waals surface area contributed by atoms with E-state index in [2.05, 4.69) is 14.4 Å². The molecule has 2 aliphatic heterocycles. The molecule has 3 unspecified atom stereocenters. The number of carbonyl (C=O) groups is 1. The zero-order valence-electron chi connectivity index (χ0n) is 18.9. The number of nitrogens with one attached hydrogen (secondary N) is 2. The lowest BCUT2D eigenvalue weighted by atomic mass is 9.77. The van der Waals surface area contributed by atoms with Crippen molar-refractivity contribution in [3.63, 3.8) is 0 Å². The average Bonchev–Trinajstić information content (AvgIpc) is 3.36. The zero-order chi connectivity index (χ0) is 23.8. The molecule has 0 saturated heterocycles. The molecule has 182 valence electrons. The van der Waals surface area contributed by atoms with Crippen molar-refractivity contribution in [2.45, 2.75) is 49.5 Å². The van der Waals surface area contributed by atoms with Crippen molar-refractivity contribution in [3.8, 4) is 0 Å². The van der Waals surface area contributed by atoms with Crippen LogP contribution in [0, 0.1) is 23.7 Å². The van der Waals surface area contributed by atoms with Crippen molar-refractivity contribution in [2.24, 2.45) is 28.1 Å². The van der Waals surface area contributed by atoms with Crippen molar-refractivity contribution in [2.75, 3.05) is 22.8 Å². The number of anilines is 2. The highest BCUT2D eigenvalue weighted by Crippen LogP contribution is 2.55. The van der Waals surface area contributed by atoms with Crippen molar-refractivity contribution >= 4 is 44.1 Å². The van der Waals surface area contributed by atoms with Gasteiger partial charge in [0, 0.05) is 24.2 Å². The number of carbonyl (C=O) groups excluding carboxylic acids is 1. The molecule has 2 heterocycles. The van der Waals surface area contributed by atoms with Gasteiger partial charge in [0.25, 0.3) is 5.91 Å². The molecule has 1 aromatic rings.